The summed E-state index contributed by atoms with van der Waals surface area (Å²) >= 11 is 1.57. The molecule has 108 valence electrons. The third kappa shape index (κ3) is 2.43. The van der Waals surface area contributed by atoms with E-state index >= 15 is 0 Å². The monoisotopic (exact) mass is 313 g/mol. The lowest BCUT2D eigenvalue weighted by Gasteiger charge is -2.33. The number of hydrogen-bond acceptors (Lipinski definition) is 6. The van der Waals surface area contributed by atoms with Crippen LogP contribution >= 0.6 is 11.3 Å². The highest BCUT2D eigenvalue weighted by Crippen LogP contribution is 2.21. The minimum absolute atomic E-state index is 0.165. The van der Waals surface area contributed by atoms with Gasteiger partial charge in [0.25, 0.3) is 10.0 Å². The number of aryl methyl sites for hydroxylation is 1. The predicted molar refractivity (Wildman–Crippen MR) is 76.4 cm³/mol. The third-order valence-electron chi connectivity index (χ3n) is 3.23. The molecule has 0 amide bonds. The molecule has 2 aromatic rings. The Kier molecular flexibility index (Phi) is 3.48. The first-order chi connectivity index (χ1) is 9.57. The highest BCUT2D eigenvalue weighted by molar-refractivity contribution is 7.89. The average Bonchev–Trinajstić information content (AvgIpc) is 3.10. The summed E-state index contributed by atoms with van der Waals surface area (Å²) in [5.41, 5.74) is 0. The molecule has 3 heterocycles. The zero-order chi connectivity index (χ0) is 14.2. The fraction of sp³-hybridized carbons (Fsp3) is 0.455. The lowest BCUT2D eigenvalue weighted by molar-refractivity contribution is 0.383. The number of imidazole rings is 1. The first-order valence-corrected chi connectivity index (χ1v) is 8.55. The van der Waals surface area contributed by atoms with Crippen molar-refractivity contribution in [3.8, 4) is 0 Å². The van der Waals surface area contributed by atoms with Gasteiger partial charge < -0.3 is 9.88 Å². The molecule has 0 saturated carbocycles. The average molecular weight is 313 g/mol. The Hall–Kier alpha value is -1.45. The van der Waals surface area contributed by atoms with Gasteiger partial charge in [0.05, 0.1) is 6.20 Å². The molecule has 7 nitrogen and oxygen atoms in total. The molecule has 0 bridgehead atoms. The fourth-order valence-corrected chi connectivity index (χ4v) is 4.24. The van der Waals surface area contributed by atoms with Gasteiger partial charge in [0, 0.05) is 37.8 Å². The number of sulfonamides is 1. The number of rotatable bonds is 3. The molecule has 0 atom stereocenters. The minimum atomic E-state index is -3.46. The molecule has 0 aromatic carbocycles. The standard InChI is InChI=1S/C11H15N5O2S2/c1-9-13-8-10(14-9)20(17,18)16-5-3-15(4-6-16)11-12-2-7-19-11/h2,7-8H,3-6H2,1H3,(H,13,14). The summed E-state index contributed by atoms with van der Waals surface area (Å²) in [6.07, 6.45) is 3.13. The van der Waals surface area contributed by atoms with Gasteiger partial charge in [-0.1, -0.05) is 0 Å². The molecule has 9 heteroatoms. The van der Waals surface area contributed by atoms with Crippen LogP contribution in [-0.2, 0) is 10.0 Å². The minimum Gasteiger partial charge on any atom is -0.345 e. The Morgan fingerprint density at radius 2 is 2.00 bits per heavy atom. The van der Waals surface area contributed by atoms with Crippen molar-refractivity contribution in [1.29, 1.82) is 0 Å². The van der Waals surface area contributed by atoms with Crippen LogP contribution in [0.25, 0.3) is 0 Å². The van der Waals surface area contributed by atoms with Gasteiger partial charge in [0.15, 0.2) is 10.2 Å². The number of nitrogens with zero attached hydrogens (tertiary/aromatic N) is 4. The van der Waals surface area contributed by atoms with Crippen LogP contribution in [0.5, 0.6) is 0 Å². The Morgan fingerprint density at radius 1 is 1.25 bits per heavy atom. The molecule has 1 fully saturated rings. The number of thiazole rings is 1. The van der Waals surface area contributed by atoms with E-state index in [4.69, 9.17) is 0 Å². The molecule has 3 rings (SSSR count). The van der Waals surface area contributed by atoms with E-state index in [9.17, 15) is 8.42 Å². The van der Waals surface area contributed by atoms with Crippen LogP contribution in [0.15, 0.2) is 22.8 Å². The molecule has 0 aliphatic carbocycles. The predicted octanol–water partition coefficient (Wildman–Crippen LogP) is 0.686. The highest BCUT2D eigenvalue weighted by atomic mass is 32.2. The van der Waals surface area contributed by atoms with E-state index in [2.05, 4.69) is 19.9 Å². The van der Waals surface area contributed by atoms with Crippen LogP contribution in [-0.4, -0.2) is 53.9 Å². The van der Waals surface area contributed by atoms with Crippen molar-refractivity contribution in [3.05, 3.63) is 23.6 Å². The first-order valence-electron chi connectivity index (χ1n) is 6.23. The molecule has 1 N–H and O–H groups in total. The van der Waals surface area contributed by atoms with E-state index < -0.39 is 10.0 Å². The fourth-order valence-electron chi connectivity index (χ4n) is 2.16. The van der Waals surface area contributed by atoms with Gasteiger partial charge in [-0.05, 0) is 6.92 Å². The summed E-state index contributed by atoms with van der Waals surface area (Å²) in [6, 6.07) is 0. The van der Waals surface area contributed by atoms with Crippen molar-refractivity contribution in [1.82, 2.24) is 19.3 Å². The van der Waals surface area contributed by atoms with Crippen LogP contribution in [0.1, 0.15) is 5.82 Å². The molecule has 0 unspecified atom stereocenters. The molecule has 0 radical (unpaired) electrons. The molecule has 1 aliphatic heterocycles. The summed E-state index contributed by atoms with van der Waals surface area (Å²) in [5, 5.41) is 3.03. The third-order valence-corrected chi connectivity index (χ3v) is 5.87. The molecule has 2 aromatic heterocycles. The van der Waals surface area contributed by atoms with E-state index in [1.165, 1.54) is 10.5 Å². The Balaban J connectivity index is 1.72. The molecule has 20 heavy (non-hydrogen) atoms. The van der Waals surface area contributed by atoms with Crippen molar-refractivity contribution in [2.45, 2.75) is 11.9 Å². The summed E-state index contributed by atoms with van der Waals surface area (Å²) < 4.78 is 26.3. The topological polar surface area (TPSA) is 82.2 Å². The second-order valence-corrected chi connectivity index (χ2v) is 7.32. The van der Waals surface area contributed by atoms with Crippen LogP contribution in [0.2, 0.25) is 0 Å². The van der Waals surface area contributed by atoms with Crippen molar-refractivity contribution in [2.24, 2.45) is 0 Å². The molecule has 1 saturated heterocycles. The Bertz CT molecular complexity index is 671. The van der Waals surface area contributed by atoms with Gasteiger partial charge in [-0.15, -0.1) is 11.3 Å². The summed E-state index contributed by atoms with van der Waals surface area (Å²) in [4.78, 5) is 13.1. The number of nitrogens with one attached hydrogen (secondary N) is 1. The highest BCUT2D eigenvalue weighted by Gasteiger charge is 2.30. The van der Waals surface area contributed by atoms with E-state index in [0.29, 0.717) is 32.0 Å². The molecule has 1 aliphatic rings. The van der Waals surface area contributed by atoms with Crippen molar-refractivity contribution in [3.63, 3.8) is 0 Å². The number of aromatic nitrogens is 3. The summed E-state index contributed by atoms with van der Waals surface area (Å²) in [5.74, 6) is 0.602. The number of anilines is 1. The quantitative estimate of drug-likeness (QED) is 0.901. The van der Waals surface area contributed by atoms with Gasteiger partial charge >= 0.3 is 0 Å². The number of piperazine rings is 1. The van der Waals surface area contributed by atoms with Crippen LogP contribution < -0.4 is 4.90 Å². The summed E-state index contributed by atoms with van der Waals surface area (Å²) in [6.45, 7) is 3.96. The van der Waals surface area contributed by atoms with Crippen molar-refractivity contribution >= 4 is 26.5 Å². The zero-order valence-corrected chi connectivity index (χ0v) is 12.6. The number of aromatic amines is 1. The van der Waals surface area contributed by atoms with E-state index in [-0.39, 0.29) is 5.03 Å². The smallest absolute Gasteiger partial charge is 0.260 e. The number of hydrogen-bond donors (Lipinski definition) is 1. The zero-order valence-electron chi connectivity index (χ0n) is 11.0. The maximum Gasteiger partial charge on any atom is 0.260 e. The number of H-pyrrole nitrogens is 1. The largest absolute Gasteiger partial charge is 0.345 e. The Labute approximate surface area is 121 Å². The normalized spacial score (nSPS) is 17.6. The van der Waals surface area contributed by atoms with Gasteiger partial charge in [0.2, 0.25) is 0 Å². The van der Waals surface area contributed by atoms with Gasteiger partial charge in [-0.2, -0.15) is 4.31 Å². The van der Waals surface area contributed by atoms with Crippen molar-refractivity contribution in [2.75, 3.05) is 31.1 Å². The van der Waals surface area contributed by atoms with E-state index in [1.54, 1.807) is 24.5 Å². The van der Waals surface area contributed by atoms with Gasteiger partial charge in [-0.25, -0.2) is 18.4 Å². The van der Waals surface area contributed by atoms with E-state index in [0.717, 1.165) is 5.13 Å². The van der Waals surface area contributed by atoms with Gasteiger partial charge in [0.1, 0.15) is 5.82 Å². The van der Waals surface area contributed by atoms with E-state index in [1.807, 2.05) is 5.38 Å². The lowest BCUT2D eigenvalue weighted by Crippen LogP contribution is -2.48. The first kappa shape index (κ1) is 13.5. The van der Waals surface area contributed by atoms with Crippen LogP contribution in [0.3, 0.4) is 0 Å². The molecular formula is C11H15N5O2S2. The molecular weight excluding hydrogens is 298 g/mol. The second kappa shape index (κ2) is 5.15. The molecule has 0 spiro atoms. The maximum atomic E-state index is 12.4. The van der Waals surface area contributed by atoms with Crippen LogP contribution in [0.4, 0.5) is 5.13 Å². The Morgan fingerprint density at radius 3 is 2.55 bits per heavy atom. The van der Waals surface area contributed by atoms with Crippen LogP contribution in [0, 0.1) is 6.92 Å². The van der Waals surface area contributed by atoms with Crippen molar-refractivity contribution < 1.29 is 8.42 Å². The second-order valence-electron chi connectivity index (χ2n) is 4.54. The SMILES string of the molecule is Cc1ncc(S(=O)(=O)N2CCN(c3nccs3)CC2)[nH]1. The van der Waals surface area contributed by atoms with Gasteiger partial charge in [-0.3, -0.25) is 0 Å². The maximum absolute atomic E-state index is 12.4. The lowest BCUT2D eigenvalue weighted by atomic mass is 10.4. The summed E-state index contributed by atoms with van der Waals surface area (Å²) in [7, 11) is -3.46.